The van der Waals surface area contributed by atoms with Crippen molar-refractivity contribution in [1.29, 1.82) is 0 Å². The molecule has 0 fully saturated rings. The third-order valence-electron chi connectivity index (χ3n) is 2.75. The molecular weight excluding hydrogens is 224 g/mol. The summed E-state index contributed by atoms with van der Waals surface area (Å²) in [5, 5.41) is 0. The van der Waals surface area contributed by atoms with Gasteiger partial charge in [-0.15, -0.1) is 0 Å². The van der Waals surface area contributed by atoms with Crippen molar-refractivity contribution in [3.05, 3.63) is 42.0 Å². The van der Waals surface area contributed by atoms with Crippen LogP contribution in [0.4, 0.5) is 0 Å². The molecule has 2 nitrogen and oxygen atoms in total. The van der Waals surface area contributed by atoms with Gasteiger partial charge in [0.1, 0.15) is 0 Å². The topological polar surface area (TPSA) is 26.3 Å². The third kappa shape index (κ3) is 4.74. The summed E-state index contributed by atoms with van der Waals surface area (Å²) in [5.74, 6) is 0.333. The fraction of sp³-hybridized carbons (Fsp3) is 0.438. The zero-order valence-corrected chi connectivity index (χ0v) is 11.5. The Bertz CT molecular complexity index is 391. The minimum Gasteiger partial charge on any atom is -0.466 e. The molecule has 1 aromatic carbocycles. The quantitative estimate of drug-likeness (QED) is 0.707. The van der Waals surface area contributed by atoms with Crippen molar-refractivity contribution in [2.24, 2.45) is 5.92 Å². The average Bonchev–Trinajstić information content (AvgIpc) is 2.35. The Morgan fingerprint density at radius 2 is 1.94 bits per heavy atom. The molecule has 0 amide bonds. The zero-order chi connectivity index (χ0) is 13.4. The van der Waals surface area contributed by atoms with Crippen LogP contribution in [0.15, 0.2) is 36.4 Å². The van der Waals surface area contributed by atoms with Crippen LogP contribution in [0.2, 0.25) is 0 Å². The van der Waals surface area contributed by atoms with Gasteiger partial charge < -0.3 is 4.74 Å². The van der Waals surface area contributed by atoms with Crippen molar-refractivity contribution in [3.8, 4) is 0 Å². The monoisotopic (exact) mass is 246 g/mol. The number of allylic oxidation sites excluding steroid dienone is 2. The Morgan fingerprint density at radius 1 is 1.28 bits per heavy atom. The minimum atomic E-state index is -0.120. The summed E-state index contributed by atoms with van der Waals surface area (Å²) >= 11 is 0. The van der Waals surface area contributed by atoms with Crippen LogP contribution in [0.1, 0.15) is 39.2 Å². The molecule has 0 radical (unpaired) electrons. The van der Waals surface area contributed by atoms with Crippen molar-refractivity contribution in [2.45, 2.75) is 33.6 Å². The summed E-state index contributed by atoms with van der Waals surface area (Å²) in [4.78, 5) is 11.3. The van der Waals surface area contributed by atoms with E-state index < -0.39 is 0 Å². The molecule has 0 bridgehead atoms. The van der Waals surface area contributed by atoms with E-state index >= 15 is 0 Å². The predicted molar refractivity (Wildman–Crippen MR) is 75.1 cm³/mol. The van der Waals surface area contributed by atoms with Gasteiger partial charge in [0, 0.05) is 6.42 Å². The number of rotatable bonds is 6. The molecule has 0 unspecified atom stereocenters. The Balaban J connectivity index is 2.66. The van der Waals surface area contributed by atoms with Gasteiger partial charge >= 0.3 is 5.97 Å². The molecule has 0 heterocycles. The van der Waals surface area contributed by atoms with Gasteiger partial charge in [-0.25, -0.2) is 0 Å². The summed E-state index contributed by atoms with van der Waals surface area (Å²) in [6.07, 6.45) is 3.34. The molecule has 0 spiro atoms. The first-order valence-electron chi connectivity index (χ1n) is 6.56. The lowest BCUT2D eigenvalue weighted by molar-refractivity contribution is -0.142. The number of carbonyl (C=O) groups excluding carboxylic acids is 1. The molecule has 0 aliphatic heterocycles. The lowest BCUT2D eigenvalue weighted by Crippen LogP contribution is -2.03. The van der Waals surface area contributed by atoms with E-state index in [1.54, 1.807) is 0 Å². The molecule has 0 atom stereocenters. The first-order chi connectivity index (χ1) is 8.65. The number of hydrogen-bond donors (Lipinski definition) is 0. The maximum absolute atomic E-state index is 11.3. The summed E-state index contributed by atoms with van der Waals surface area (Å²) in [5.41, 5.74) is 2.52. The Morgan fingerprint density at radius 3 is 2.50 bits per heavy atom. The van der Waals surface area contributed by atoms with Crippen molar-refractivity contribution >= 4 is 11.5 Å². The van der Waals surface area contributed by atoms with E-state index in [0.717, 1.165) is 6.42 Å². The van der Waals surface area contributed by atoms with Crippen LogP contribution in [0.5, 0.6) is 0 Å². The highest BCUT2D eigenvalue weighted by Gasteiger charge is 2.06. The number of carbonyl (C=O) groups is 1. The van der Waals surface area contributed by atoms with Gasteiger partial charge in [-0.3, -0.25) is 4.79 Å². The van der Waals surface area contributed by atoms with Gasteiger partial charge in [0.15, 0.2) is 0 Å². The first kappa shape index (κ1) is 14.5. The molecule has 0 aliphatic carbocycles. The minimum absolute atomic E-state index is 0.120. The summed E-state index contributed by atoms with van der Waals surface area (Å²) < 4.78 is 4.92. The maximum Gasteiger partial charge on any atom is 0.306 e. The highest BCUT2D eigenvalue weighted by molar-refractivity contribution is 5.71. The van der Waals surface area contributed by atoms with Crippen LogP contribution in [0.3, 0.4) is 0 Å². The molecule has 2 heteroatoms. The van der Waals surface area contributed by atoms with Crippen LogP contribution in [-0.4, -0.2) is 12.6 Å². The number of hydrogen-bond acceptors (Lipinski definition) is 2. The molecule has 0 saturated heterocycles. The Hall–Kier alpha value is -1.57. The maximum atomic E-state index is 11.3. The Labute approximate surface area is 110 Å². The van der Waals surface area contributed by atoms with Gasteiger partial charge in [0.05, 0.1) is 6.61 Å². The van der Waals surface area contributed by atoms with Crippen molar-refractivity contribution in [3.63, 3.8) is 0 Å². The molecule has 1 rings (SSSR count). The van der Waals surface area contributed by atoms with Crippen molar-refractivity contribution in [1.82, 2.24) is 0 Å². The van der Waals surface area contributed by atoms with E-state index in [2.05, 4.69) is 32.1 Å². The average molecular weight is 246 g/mol. The third-order valence-corrected chi connectivity index (χ3v) is 2.75. The number of ether oxygens (including phenoxy) is 1. The first-order valence-corrected chi connectivity index (χ1v) is 6.56. The summed E-state index contributed by atoms with van der Waals surface area (Å²) in [7, 11) is 0. The van der Waals surface area contributed by atoms with E-state index in [9.17, 15) is 4.79 Å². The summed E-state index contributed by atoms with van der Waals surface area (Å²) in [6.45, 7) is 6.63. The van der Waals surface area contributed by atoms with E-state index in [1.165, 1.54) is 11.1 Å². The largest absolute Gasteiger partial charge is 0.466 e. The number of benzene rings is 1. The zero-order valence-electron chi connectivity index (χ0n) is 11.5. The van der Waals surface area contributed by atoms with E-state index in [0.29, 0.717) is 18.9 Å². The van der Waals surface area contributed by atoms with E-state index in [-0.39, 0.29) is 5.97 Å². The van der Waals surface area contributed by atoms with Gasteiger partial charge in [0.2, 0.25) is 0 Å². The number of esters is 1. The predicted octanol–water partition coefficient (Wildman–Crippen LogP) is 4.07. The molecule has 1 aromatic rings. The summed E-state index contributed by atoms with van der Waals surface area (Å²) in [6, 6.07) is 10.3. The van der Waals surface area contributed by atoms with Gasteiger partial charge in [-0.05, 0) is 30.4 Å². The second kappa shape index (κ2) is 7.70. The lowest BCUT2D eigenvalue weighted by atomic mass is 9.94. The van der Waals surface area contributed by atoms with Crippen LogP contribution in [0.25, 0.3) is 5.57 Å². The van der Waals surface area contributed by atoms with Gasteiger partial charge in [-0.2, -0.15) is 0 Å². The normalized spacial score (nSPS) is 11.7. The molecule has 0 N–H and O–H groups in total. The van der Waals surface area contributed by atoms with Crippen LogP contribution in [0, 0.1) is 5.92 Å². The smallest absolute Gasteiger partial charge is 0.306 e. The highest BCUT2D eigenvalue weighted by Crippen LogP contribution is 2.23. The molecular formula is C16H22O2. The van der Waals surface area contributed by atoms with E-state index in [4.69, 9.17) is 4.74 Å². The SMILES string of the molecule is CCOC(=O)CCC=C(c1ccccc1)C(C)C. The molecule has 98 valence electrons. The van der Waals surface area contributed by atoms with Gasteiger partial charge in [0.25, 0.3) is 0 Å². The van der Waals surface area contributed by atoms with Crippen molar-refractivity contribution < 1.29 is 9.53 Å². The second-order valence-electron chi connectivity index (χ2n) is 4.52. The molecule has 18 heavy (non-hydrogen) atoms. The Kier molecular flexibility index (Phi) is 6.20. The standard InChI is InChI=1S/C16H22O2/c1-4-18-16(17)12-8-11-15(13(2)3)14-9-6-5-7-10-14/h5-7,9-11,13H,4,8,12H2,1-3H3. The fourth-order valence-corrected chi connectivity index (χ4v) is 1.90. The van der Waals surface area contributed by atoms with Crippen LogP contribution < -0.4 is 0 Å². The van der Waals surface area contributed by atoms with Crippen LogP contribution in [-0.2, 0) is 9.53 Å². The van der Waals surface area contributed by atoms with Crippen LogP contribution >= 0.6 is 0 Å². The van der Waals surface area contributed by atoms with Crippen molar-refractivity contribution in [2.75, 3.05) is 6.61 Å². The fourth-order valence-electron chi connectivity index (χ4n) is 1.90. The highest BCUT2D eigenvalue weighted by atomic mass is 16.5. The molecule has 0 aromatic heterocycles. The van der Waals surface area contributed by atoms with E-state index in [1.807, 2.05) is 25.1 Å². The van der Waals surface area contributed by atoms with Gasteiger partial charge in [-0.1, -0.05) is 50.3 Å². The second-order valence-corrected chi connectivity index (χ2v) is 4.52. The lowest BCUT2D eigenvalue weighted by Gasteiger charge is -2.12. The molecule has 0 saturated carbocycles. The molecule has 0 aliphatic rings.